The van der Waals surface area contributed by atoms with Crippen molar-refractivity contribution in [3.8, 4) is 11.5 Å². The van der Waals surface area contributed by atoms with Crippen molar-refractivity contribution in [1.29, 1.82) is 0 Å². The smallest absolute Gasteiger partial charge is 0.349 e. The van der Waals surface area contributed by atoms with Crippen molar-refractivity contribution in [3.63, 3.8) is 0 Å². The quantitative estimate of drug-likeness (QED) is 0.813. The number of hydrogen-bond acceptors (Lipinski definition) is 4. The molecule has 2 rings (SSSR count). The van der Waals surface area contributed by atoms with E-state index in [1.165, 1.54) is 24.3 Å². The van der Waals surface area contributed by atoms with Gasteiger partial charge in [-0.3, -0.25) is 0 Å². The van der Waals surface area contributed by atoms with Gasteiger partial charge in [0, 0.05) is 0 Å². The van der Waals surface area contributed by atoms with Crippen LogP contribution < -0.4 is 9.47 Å². The highest BCUT2D eigenvalue weighted by Gasteiger charge is 2.38. The van der Waals surface area contributed by atoms with Gasteiger partial charge < -0.3 is 19.7 Å². The number of carboxylic acid groups (broad SMARTS) is 2. The van der Waals surface area contributed by atoms with Crippen molar-refractivity contribution in [2.24, 2.45) is 0 Å². The third-order valence-corrected chi connectivity index (χ3v) is 2.77. The molecule has 0 aliphatic heterocycles. The second-order valence-corrected chi connectivity index (χ2v) is 4.38. The molecule has 114 valence electrons. The standard InChI is InChI=1S/C16H14O6/c17-15(18)13(21-11-7-3-1-4-8-11)14(16(19)20)22-12-9-5-2-6-10-12/h1-10,13-14H,(H,17,18)(H,19,20). The average Bonchev–Trinajstić information content (AvgIpc) is 2.52. The van der Waals surface area contributed by atoms with E-state index in [9.17, 15) is 19.8 Å². The lowest BCUT2D eigenvalue weighted by atomic mass is 10.2. The topological polar surface area (TPSA) is 93.1 Å². The van der Waals surface area contributed by atoms with Gasteiger partial charge in [0.15, 0.2) is 0 Å². The van der Waals surface area contributed by atoms with Crippen LogP contribution >= 0.6 is 0 Å². The van der Waals surface area contributed by atoms with E-state index in [-0.39, 0.29) is 11.5 Å². The van der Waals surface area contributed by atoms with Gasteiger partial charge in [-0.05, 0) is 24.3 Å². The molecule has 6 nitrogen and oxygen atoms in total. The molecule has 0 radical (unpaired) electrons. The Morgan fingerprint density at radius 3 is 1.27 bits per heavy atom. The summed E-state index contributed by atoms with van der Waals surface area (Å²) in [6, 6.07) is 16.2. The minimum Gasteiger partial charge on any atom is -0.478 e. The Hall–Kier alpha value is -3.02. The van der Waals surface area contributed by atoms with Crippen LogP contribution in [0, 0.1) is 0 Å². The maximum atomic E-state index is 11.4. The lowest BCUT2D eigenvalue weighted by molar-refractivity contribution is -0.161. The summed E-state index contributed by atoms with van der Waals surface area (Å²) in [6.45, 7) is 0. The molecule has 0 aromatic heterocycles. The predicted molar refractivity (Wildman–Crippen MR) is 77.0 cm³/mol. The fourth-order valence-electron chi connectivity index (χ4n) is 1.77. The summed E-state index contributed by atoms with van der Waals surface area (Å²) >= 11 is 0. The number of hydrogen-bond donors (Lipinski definition) is 2. The molecule has 2 aromatic carbocycles. The van der Waals surface area contributed by atoms with Crippen LogP contribution in [0.3, 0.4) is 0 Å². The van der Waals surface area contributed by atoms with Crippen molar-refractivity contribution >= 4 is 11.9 Å². The molecule has 0 bridgehead atoms. The summed E-state index contributed by atoms with van der Waals surface area (Å²) in [7, 11) is 0. The van der Waals surface area contributed by atoms with Crippen molar-refractivity contribution in [2.45, 2.75) is 12.2 Å². The molecule has 0 aliphatic rings. The molecule has 2 N–H and O–H groups in total. The molecule has 0 fully saturated rings. The van der Waals surface area contributed by atoms with E-state index in [1.54, 1.807) is 36.4 Å². The molecule has 0 saturated heterocycles. The van der Waals surface area contributed by atoms with Crippen LogP contribution in [0.2, 0.25) is 0 Å². The molecule has 2 atom stereocenters. The van der Waals surface area contributed by atoms with Crippen molar-refractivity contribution in [3.05, 3.63) is 60.7 Å². The summed E-state index contributed by atoms with van der Waals surface area (Å²) in [4.78, 5) is 22.7. The van der Waals surface area contributed by atoms with Gasteiger partial charge >= 0.3 is 11.9 Å². The summed E-state index contributed by atoms with van der Waals surface area (Å²) in [5.74, 6) is -2.35. The SMILES string of the molecule is O=C(O)C(Oc1ccccc1)C(Oc1ccccc1)C(=O)O. The Morgan fingerprint density at radius 1 is 0.682 bits per heavy atom. The van der Waals surface area contributed by atoms with E-state index < -0.39 is 24.1 Å². The monoisotopic (exact) mass is 302 g/mol. The lowest BCUT2D eigenvalue weighted by Crippen LogP contribution is -2.47. The Morgan fingerprint density at radius 2 is 1.00 bits per heavy atom. The number of ether oxygens (including phenoxy) is 2. The van der Waals surface area contributed by atoms with E-state index in [2.05, 4.69) is 0 Å². The summed E-state index contributed by atoms with van der Waals surface area (Å²) in [6.07, 6.45) is -3.36. The number of rotatable bonds is 7. The highest BCUT2D eigenvalue weighted by atomic mass is 16.6. The predicted octanol–water partition coefficient (Wildman–Crippen LogP) is 2.05. The number of benzene rings is 2. The second-order valence-electron chi connectivity index (χ2n) is 4.38. The molecule has 0 aliphatic carbocycles. The zero-order valence-corrected chi connectivity index (χ0v) is 11.5. The molecule has 0 spiro atoms. The number of carbonyl (C=O) groups is 2. The summed E-state index contributed by atoms with van der Waals surface area (Å²) in [5, 5.41) is 18.5. The van der Waals surface area contributed by atoms with Gasteiger partial charge in [-0.1, -0.05) is 36.4 Å². The number of para-hydroxylation sites is 2. The molecule has 2 aromatic rings. The fraction of sp³-hybridized carbons (Fsp3) is 0.125. The van der Waals surface area contributed by atoms with Crippen LogP contribution in [0.1, 0.15) is 0 Å². The molecule has 0 amide bonds. The molecule has 0 saturated carbocycles. The molecular weight excluding hydrogens is 288 g/mol. The number of aliphatic carboxylic acids is 2. The van der Waals surface area contributed by atoms with Crippen LogP contribution in [0.25, 0.3) is 0 Å². The zero-order valence-electron chi connectivity index (χ0n) is 11.5. The van der Waals surface area contributed by atoms with Crippen LogP contribution in [0.5, 0.6) is 11.5 Å². The Labute approximate surface area is 126 Å². The minimum atomic E-state index is -1.68. The van der Waals surface area contributed by atoms with Gasteiger partial charge in [-0.25, -0.2) is 9.59 Å². The van der Waals surface area contributed by atoms with E-state index in [1.807, 2.05) is 0 Å². The van der Waals surface area contributed by atoms with Gasteiger partial charge in [0.25, 0.3) is 0 Å². The first kappa shape index (κ1) is 15.4. The maximum absolute atomic E-state index is 11.4. The Balaban J connectivity index is 2.22. The first-order chi connectivity index (χ1) is 10.6. The largest absolute Gasteiger partial charge is 0.478 e. The van der Waals surface area contributed by atoms with Crippen LogP contribution in [-0.4, -0.2) is 34.4 Å². The Bertz CT molecular complexity index is 568. The summed E-state index contributed by atoms with van der Waals surface area (Å²) in [5.41, 5.74) is 0. The van der Waals surface area contributed by atoms with E-state index >= 15 is 0 Å². The second kappa shape index (κ2) is 7.12. The highest BCUT2D eigenvalue weighted by Crippen LogP contribution is 2.18. The van der Waals surface area contributed by atoms with Crippen LogP contribution in [0.15, 0.2) is 60.7 Å². The first-order valence-corrected chi connectivity index (χ1v) is 6.47. The maximum Gasteiger partial charge on any atom is 0.349 e. The van der Waals surface area contributed by atoms with Gasteiger partial charge in [0.2, 0.25) is 12.2 Å². The molecular formula is C16H14O6. The minimum absolute atomic E-state index is 0.248. The van der Waals surface area contributed by atoms with Gasteiger partial charge in [0.1, 0.15) is 11.5 Å². The van der Waals surface area contributed by atoms with Crippen LogP contribution in [-0.2, 0) is 9.59 Å². The lowest BCUT2D eigenvalue weighted by Gasteiger charge is -2.22. The van der Waals surface area contributed by atoms with Crippen molar-refractivity contribution in [2.75, 3.05) is 0 Å². The third kappa shape index (κ3) is 3.99. The number of carboxylic acids is 2. The zero-order chi connectivity index (χ0) is 15.9. The highest BCUT2D eigenvalue weighted by molar-refractivity contribution is 5.84. The van der Waals surface area contributed by atoms with Crippen LogP contribution in [0.4, 0.5) is 0 Å². The van der Waals surface area contributed by atoms with E-state index in [0.29, 0.717) is 0 Å². The van der Waals surface area contributed by atoms with Gasteiger partial charge in [-0.15, -0.1) is 0 Å². The van der Waals surface area contributed by atoms with Crippen molar-refractivity contribution in [1.82, 2.24) is 0 Å². The van der Waals surface area contributed by atoms with Gasteiger partial charge in [-0.2, -0.15) is 0 Å². The van der Waals surface area contributed by atoms with Crippen molar-refractivity contribution < 1.29 is 29.3 Å². The molecule has 0 heterocycles. The fourth-order valence-corrected chi connectivity index (χ4v) is 1.77. The van der Waals surface area contributed by atoms with E-state index in [4.69, 9.17) is 9.47 Å². The third-order valence-electron chi connectivity index (χ3n) is 2.77. The molecule has 22 heavy (non-hydrogen) atoms. The van der Waals surface area contributed by atoms with E-state index in [0.717, 1.165) is 0 Å². The molecule has 6 heteroatoms. The first-order valence-electron chi connectivity index (χ1n) is 6.47. The average molecular weight is 302 g/mol. The Kier molecular flexibility index (Phi) is 4.98. The van der Waals surface area contributed by atoms with Gasteiger partial charge in [0.05, 0.1) is 0 Å². The molecule has 2 unspecified atom stereocenters. The normalized spacial score (nSPS) is 12.9. The summed E-state index contributed by atoms with van der Waals surface area (Å²) < 4.78 is 10.5.